The summed E-state index contributed by atoms with van der Waals surface area (Å²) in [5.74, 6) is -0.395. The minimum absolute atomic E-state index is 0.181. The van der Waals surface area contributed by atoms with Crippen molar-refractivity contribution in [2.75, 3.05) is 5.32 Å². The van der Waals surface area contributed by atoms with Crippen LogP contribution in [-0.2, 0) is 28.6 Å². The third kappa shape index (κ3) is 5.40. The van der Waals surface area contributed by atoms with Gasteiger partial charge in [0.15, 0.2) is 0 Å². The van der Waals surface area contributed by atoms with Crippen LogP contribution in [0.5, 0.6) is 0 Å². The van der Waals surface area contributed by atoms with Gasteiger partial charge in [0.1, 0.15) is 0 Å². The van der Waals surface area contributed by atoms with Gasteiger partial charge in [-0.05, 0) is 48.2 Å². The molecule has 0 saturated carbocycles. The highest BCUT2D eigenvalue weighted by Crippen LogP contribution is 2.29. The number of hydrogen-bond acceptors (Lipinski definition) is 2. The Labute approximate surface area is 171 Å². The minimum atomic E-state index is -4.38. The zero-order chi connectivity index (χ0) is 21.9. The quantitative estimate of drug-likeness (QED) is 0.555. The predicted octanol–water partition coefficient (Wildman–Crippen LogP) is 4.44. The number of amides is 2. The van der Waals surface area contributed by atoms with Crippen LogP contribution < -0.4 is 10.6 Å². The second kappa shape index (κ2) is 8.61. The number of benzene rings is 2. The molecular formula is C22H22F3N3O2. The number of carbonyl (C=O) groups excluding carboxylic acids is 2. The lowest BCUT2D eigenvalue weighted by Gasteiger charge is -2.19. The third-order valence-corrected chi connectivity index (χ3v) is 4.71. The second-order valence-corrected chi connectivity index (χ2v) is 7.26. The highest BCUT2D eigenvalue weighted by atomic mass is 19.4. The van der Waals surface area contributed by atoms with Crippen molar-refractivity contribution in [3.63, 3.8) is 0 Å². The van der Waals surface area contributed by atoms with Crippen LogP contribution in [0.3, 0.4) is 0 Å². The van der Waals surface area contributed by atoms with E-state index in [1.807, 2.05) is 18.2 Å². The monoisotopic (exact) mass is 417 g/mol. The average molecular weight is 417 g/mol. The maximum atomic E-state index is 12.8. The number of anilines is 1. The number of fused-ring (bicyclic) bond motifs is 1. The molecule has 0 saturated heterocycles. The fourth-order valence-corrected chi connectivity index (χ4v) is 3.45. The molecule has 0 aliphatic rings. The van der Waals surface area contributed by atoms with Gasteiger partial charge in [-0.1, -0.05) is 18.2 Å². The van der Waals surface area contributed by atoms with Crippen molar-refractivity contribution in [2.24, 2.45) is 0 Å². The summed E-state index contributed by atoms with van der Waals surface area (Å²) < 4.78 is 38.3. The van der Waals surface area contributed by atoms with E-state index in [4.69, 9.17) is 0 Å². The number of aromatic nitrogens is 1. The van der Waals surface area contributed by atoms with E-state index in [9.17, 15) is 22.8 Å². The maximum absolute atomic E-state index is 12.8. The first-order valence-electron chi connectivity index (χ1n) is 9.42. The highest BCUT2D eigenvalue weighted by Gasteiger charge is 2.30. The maximum Gasteiger partial charge on any atom is 0.416 e. The molecule has 2 aromatic carbocycles. The van der Waals surface area contributed by atoms with Crippen molar-refractivity contribution in [2.45, 2.75) is 38.9 Å². The topological polar surface area (TPSA) is 74.0 Å². The molecule has 3 N–H and O–H groups in total. The molecule has 5 nitrogen and oxygen atoms in total. The van der Waals surface area contributed by atoms with Crippen molar-refractivity contribution in [3.8, 4) is 0 Å². The molecule has 1 aromatic heterocycles. The average Bonchev–Trinajstić information content (AvgIpc) is 3.02. The van der Waals surface area contributed by atoms with E-state index in [-0.39, 0.29) is 17.9 Å². The fraction of sp³-hybridized carbons (Fsp3) is 0.273. The smallest absolute Gasteiger partial charge is 0.359 e. The van der Waals surface area contributed by atoms with Crippen molar-refractivity contribution >= 4 is 28.4 Å². The molecule has 1 atom stereocenters. The number of hydrogen-bond donors (Lipinski definition) is 3. The van der Waals surface area contributed by atoms with Crippen LogP contribution in [0.4, 0.5) is 18.9 Å². The molecule has 158 valence electrons. The van der Waals surface area contributed by atoms with E-state index in [1.165, 1.54) is 26.0 Å². The summed E-state index contributed by atoms with van der Waals surface area (Å²) in [7, 11) is 0. The number of nitrogens with one attached hydrogen (secondary N) is 3. The Morgan fingerprint density at radius 1 is 0.967 bits per heavy atom. The number of carbonyl (C=O) groups is 2. The van der Waals surface area contributed by atoms with Crippen molar-refractivity contribution < 1.29 is 22.8 Å². The highest BCUT2D eigenvalue weighted by molar-refractivity contribution is 6.01. The van der Waals surface area contributed by atoms with E-state index < -0.39 is 11.7 Å². The zero-order valence-corrected chi connectivity index (χ0v) is 16.6. The van der Waals surface area contributed by atoms with Gasteiger partial charge >= 0.3 is 6.18 Å². The van der Waals surface area contributed by atoms with Gasteiger partial charge in [-0.25, -0.2) is 0 Å². The van der Waals surface area contributed by atoms with Crippen LogP contribution in [0, 0.1) is 0 Å². The largest absolute Gasteiger partial charge is 0.416 e. The molecule has 30 heavy (non-hydrogen) atoms. The molecule has 3 rings (SSSR count). The van der Waals surface area contributed by atoms with Gasteiger partial charge in [-0.3, -0.25) is 9.59 Å². The van der Waals surface area contributed by atoms with Gasteiger partial charge in [0, 0.05) is 37.0 Å². The van der Waals surface area contributed by atoms with Crippen LogP contribution in [0.15, 0.2) is 48.7 Å². The lowest BCUT2D eigenvalue weighted by Crippen LogP contribution is -2.36. The van der Waals surface area contributed by atoms with E-state index in [0.717, 1.165) is 28.6 Å². The van der Waals surface area contributed by atoms with Crippen LogP contribution in [0.2, 0.25) is 0 Å². The van der Waals surface area contributed by atoms with Crippen molar-refractivity contribution in [1.82, 2.24) is 10.3 Å². The van der Waals surface area contributed by atoms with Gasteiger partial charge in [0.2, 0.25) is 11.8 Å². The Hall–Kier alpha value is -3.29. The summed E-state index contributed by atoms with van der Waals surface area (Å²) >= 11 is 0. The van der Waals surface area contributed by atoms with Crippen molar-refractivity contribution in [3.05, 3.63) is 65.4 Å². The van der Waals surface area contributed by atoms with Gasteiger partial charge < -0.3 is 15.6 Å². The lowest BCUT2D eigenvalue weighted by molar-refractivity contribution is -0.137. The van der Waals surface area contributed by atoms with E-state index in [0.29, 0.717) is 24.1 Å². The Morgan fingerprint density at radius 2 is 1.60 bits per heavy atom. The number of aromatic amines is 1. The Bertz CT molecular complexity index is 1060. The minimum Gasteiger partial charge on any atom is -0.359 e. The SMILES string of the molecule is CC(=O)Nc1c[nH]c2ccc(CC(Cc3ccc(C(F)(F)F)cc3)NC(C)=O)cc12. The number of rotatable bonds is 6. The number of halogens is 3. The Morgan fingerprint density at radius 3 is 2.20 bits per heavy atom. The standard InChI is InChI=1S/C22H22F3N3O2/c1-13(29)27-18(9-15-3-6-17(7-4-15)22(23,24)25)10-16-5-8-20-19(11-16)21(12-26-20)28-14(2)30/h3-8,11-12,18,26H,9-10H2,1-2H3,(H,27,29)(H,28,30). The second-order valence-electron chi connectivity index (χ2n) is 7.26. The molecule has 0 aliphatic heterocycles. The molecule has 8 heteroatoms. The molecule has 0 spiro atoms. The molecular weight excluding hydrogens is 395 g/mol. The first-order valence-corrected chi connectivity index (χ1v) is 9.42. The molecule has 2 amide bonds. The van der Waals surface area contributed by atoms with E-state index in [2.05, 4.69) is 15.6 Å². The first-order chi connectivity index (χ1) is 14.1. The Kier molecular flexibility index (Phi) is 6.14. The fourth-order valence-electron chi connectivity index (χ4n) is 3.45. The summed E-state index contributed by atoms with van der Waals surface area (Å²) in [6, 6.07) is 10.4. The zero-order valence-electron chi connectivity index (χ0n) is 16.6. The Balaban J connectivity index is 1.80. The predicted molar refractivity (Wildman–Crippen MR) is 109 cm³/mol. The van der Waals surface area contributed by atoms with E-state index >= 15 is 0 Å². The number of alkyl halides is 3. The molecule has 0 aliphatic carbocycles. The van der Waals surface area contributed by atoms with Gasteiger partial charge in [-0.2, -0.15) is 13.2 Å². The van der Waals surface area contributed by atoms with Crippen LogP contribution in [0.25, 0.3) is 10.9 Å². The summed E-state index contributed by atoms with van der Waals surface area (Å²) in [4.78, 5) is 26.1. The van der Waals surface area contributed by atoms with Crippen molar-refractivity contribution in [1.29, 1.82) is 0 Å². The third-order valence-electron chi connectivity index (χ3n) is 4.71. The van der Waals surface area contributed by atoms with Crippen LogP contribution in [-0.4, -0.2) is 22.8 Å². The van der Waals surface area contributed by atoms with E-state index in [1.54, 1.807) is 6.20 Å². The van der Waals surface area contributed by atoms with Crippen LogP contribution >= 0.6 is 0 Å². The van der Waals surface area contributed by atoms with Gasteiger partial charge in [-0.15, -0.1) is 0 Å². The normalized spacial score (nSPS) is 12.6. The molecule has 1 heterocycles. The van der Waals surface area contributed by atoms with Gasteiger partial charge in [0.25, 0.3) is 0 Å². The molecule has 0 radical (unpaired) electrons. The van der Waals surface area contributed by atoms with Crippen LogP contribution in [0.1, 0.15) is 30.5 Å². The summed E-state index contributed by atoms with van der Waals surface area (Å²) in [5, 5.41) is 6.48. The molecule has 3 aromatic rings. The summed E-state index contributed by atoms with van der Waals surface area (Å²) in [6.45, 7) is 2.84. The molecule has 1 unspecified atom stereocenters. The molecule has 0 fully saturated rings. The molecule has 0 bridgehead atoms. The van der Waals surface area contributed by atoms with Gasteiger partial charge in [0.05, 0.1) is 11.3 Å². The lowest BCUT2D eigenvalue weighted by atomic mass is 9.97. The summed E-state index contributed by atoms with van der Waals surface area (Å²) in [6.07, 6.45) is -1.79. The summed E-state index contributed by atoms with van der Waals surface area (Å²) in [5.41, 5.74) is 2.45. The number of H-pyrrole nitrogens is 1. The first kappa shape index (κ1) is 21.4.